The molecule has 0 aliphatic rings. The van der Waals surface area contributed by atoms with E-state index in [2.05, 4.69) is 66.9 Å². The third-order valence-electron chi connectivity index (χ3n) is 4.76. The Labute approximate surface area is 153 Å². The van der Waals surface area contributed by atoms with Gasteiger partial charge in [0, 0.05) is 22.7 Å². The average molecular weight is 415 g/mol. The number of hydrogen-bond acceptors (Lipinski definition) is 2. The molecule has 2 nitrogen and oxygen atoms in total. The van der Waals surface area contributed by atoms with Gasteiger partial charge in [0.25, 0.3) is 0 Å². The highest BCUT2D eigenvalue weighted by Gasteiger charge is 2.36. The van der Waals surface area contributed by atoms with E-state index in [0.717, 1.165) is 29.3 Å². The molecule has 1 aromatic carbocycles. The quantitative estimate of drug-likeness (QED) is 0.312. The van der Waals surface area contributed by atoms with E-state index >= 15 is 0 Å². The average Bonchev–Trinajstić information content (AvgIpc) is 2.44. The molecule has 0 fully saturated rings. The minimum Gasteiger partial charge on any atom is -0.417 e. The molecule has 0 amide bonds. The zero-order valence-electron chi connectivity index (χ0n) is 14.5. The fourth-order valence-electron chi connectivity index (χ4n) is 2.26. The normalized spacial score (nSPS) is 12.8. The fourth-order valence-corrected chi connectivity index (χ4v) is 3.96. The van der Waals surface area contributed by atoms with Crippen molar-refractivity contribution in [3.63, 3.8) is 0 Å². The number of halogens is 2. The molecule has 0 N–H and O–H groups in total. The molecule has 0 radical (unpaired) electrons. The van der Waals surface area contributed by atoms with Crippen LogP contribution < -0.4 is 0 Å². The van der Waals surface area contributed by atoms with Crippen LogP contribution in [-0.2, 0) is 10.8 Å². The highest BCUT2D eigenvalue weighted by Crippen LogP contribution is 2.36. The Morgan fingerprint density at radius 3 is 2.57 bits per heavy atom. The number of hydrogen-bond donors (Lipinski definition) is 0. The van der Waals surface area contributed by atoms with Crippen molar-refractivity contribution >= 4 is 46.6 Å². The Balaban J connectivity index is 2.06. The highest BCUT2D eigenvalue weighted by molar-refractivity contribution is 9.10. The van der Waals surface area contributed by atoms with Crippen LogP contribution in [0.15, 0.2) is 28.9 Å². The molecule has 23 heavy (non-hydrogen) atoms. The second-order valence-corrected chi connectivity index (χ2v) is 13.5. The van der Waals surface area contributed by atoms with Crippen LogP contribution in [0, 0.1) is 0 Å². The number of pyridine rings is 1. The summed E-state index contributed by atoms with van der Waals surface area (Å²) < 4.78 is 7.32. The van der Waals surface area contributed by atoms with E-state index in [1.165, 1.54) is 10.9 Å². The fraction of sp³-hybridized carbons (Fsp3) is 0.500. The molecule has 2 aromatic rings. The second kappa shape index (κ2) is 7.22. The molecule has 1 aromatic heterocycles. The van der Waals surface area contributed by atoms with Gasteiger partial charge in [0.05, 0.1) is 0 Å². The smallest absolute Gasteiger partial charge is 0.191 e. The third-order valence-corrected chi connectivity index (χ3v) is 10.2. The van der Waals surface area contributed by atoms with Gasteiger partial charge in [-0.3, -0.25) is 0 Å². The Hall–Kier alpha value is -0.423. The molecule has 5 heteroatoms. The summed E-state index contributed by atoms with van der Waals surface area (Å²) in [5.74, 6) is 0. The summed E-state index contributed by atoms with van der Waals surface area (Å²) in [5.41, 5.74) is 1.30. The van der Waals surface area contributed by atoms with Crippen molar-refractivity contribution in [1.82, 2.24) is 4.98 Å². The van der Waals surface area contributed by atoms with Crippen LogP contribution in [0.4, 0.5) is 0 Å². The van der Waals surface area contributed by atoms with Gasteiger partial charge in [-0.2, -0.15) is 0 Å². The first-order valence-corrected chi connectivity index (χ1v) is 12.1. The van der Waals surface area contributed by atoms with Crippen molar-refractivity contribution in [1.29, 1.82) is 0 Å². The van der Waals surface area contributed by atoms with E-state index in [1.54, 1.807) is 0 Å². The Bertz CT molecular complexity index is 697. The lowest BCUT2D eigenvalue weighted by Crippen LogP contribution is -2.41. The van der Waals surface area contributed by atoms with Crippen molar-refractivity contribution in [3.8, 4) is 0 Å². The minimum absolute atomic E-state index is 0.260. The summed E-state index contributed by atoms with van der Waals surface area (Å²) in [6, 6.07) is 6.20. The van der Waals surface area contributed by atoms with Crippen molar-refractivity contribution < 1.29 is 4.43 Å². The Kier molecular flexibility index (Phi) is 5.93. The molecule has 0 unspecified atom stereocenters. The molecule has 1 heterocycles. The van der Waals surface area contributed by atoms with E-state index in [0.29, 0.717) is 5.15 Å². The molecule has 2 rings (SSSR count). The zero-order valence-corrected chi connectivity index (χ0v) is 17.9. The number of benzene rings is 1. The lowest BCUT2D eigenvalue weighted by Gasteiger charge is -2.36. The highest BCUT2D eigenvalue weighted by atomic mass is 79.9. The van der Waals surface area contributed by atoms with Gasteiger partial charge in [-0.15, -0.1) is 0 Å². The van der Waals surface area contributed by atoms with E-state index in [1.807, 2.05) is 12.3 Å². The van der Waals surface area contributed by atoms with Gasteiger partial charge in [0.15, 0.2) is 8.32 Å². The first-order valence-electron chi connectivity index (χ1n) is 7.98. The van der Waals surface area contributed by atoms with Crippen LogP contribution >= 0.6 is 27.5 Å². The summed E-state index contributed by atoms with van der Waals surface area (Å²) in [4.78, 5) is 4.18. The lowest BCUT2D eigenvalue weighted by atomic mass is 10.0. The molecule has 0 saturated carbocycles. The monoisotopic (exact) mass is 413 g/mol. The van der Waals surface area contributed by atoms with Crippen molar-refractivity contribution in [2.75, 3.05) is 6.61 Å². The number of fused-ring (bicyclic) bond motifs is 1. The van der Waals surface area contributed by atoms with Crippen LogP contribution in [0.3, 0.4) is 0 Å². The number of rotatable bonds is 5. The SMILES string of the molecule is CC(C)(C)[Si](C)(C)OCCCc1ccc(Br)c2cnc(Cl)cc12. The lowest BCUT2D eigenvalue weighted by molar-refractivity contribution is 0.282. The van der Waals surface area contributed by atoms with Gasteiger partial charge < -0.3 is 4.43 Å². The van der Waals surface area contributed by atoms with Crippen LogP contribution in [0.5, 0.6) is 0 Å². The summed E-state index contributed by atoms with van der Waals surface area (Å²) >= 11 is 9.65. The van der Waals surface area contributed by atoms with Crippen LogP contribution in [0.1, 0.15) is 32.8 Å². The largest absolute Gasteiger partial charge is 0.417 e. The molecule has 0 bridgehead atoms. The predicted molar refractivity (Wildman–Crippen MR) is 106 cm³/mol. The standard InChI is InChI=1S/C18H25BrClNOSi/c1-18(2,3)23(4,5)22-10-6-7-13-8-9-16(19)15-12-21-17(20)11-14(13)15/h8-9,11-12H,6-7,10H2,1-5H3. The maximum absolute atomic E-state index is 6.27. The minimum atomic E-state index is -1.65. The van der Waals surface area contributed by atoms with E-state index < -0.39 is 8.32 Å². The van der Waals surface area contributed by atoms with Crippen LogP contribution in [-0.4, -0.2) is 19.9 Å². The van der Waals surface area contributed by atoms with E-state index in [4.69, 9.17) is 16.0 Å². The number of nitrogens with zero attached hydrogens (tertiary/aromatic N) is 1. The topological polar surface area (TPSA) is 22.1 Å². The maximum atomic E-state index is 6.27. The van der Waals surface area contributed by atoms with Crippen LogP contribution in [0.25, 0.3) is 10.8 Å². The predicted octanol–water partition coefficient (Wildman–Crippen LogP) is 6.61. The number of aromatic nitrogens is 1. The molecular formula is C18H25BrClNOSi. The molecule has 126 valence electrons. The summed E-state index contributed by atoms with van der Waals surface area (Å²) in [6.07, 6.45) is 3.83. The van der Waals surface area contributed by atoms with Crippen LogP contribution in [0.2, 0.25) is 23.3 Å². The first-order chi connectivity index (χ1) is 10.6. The van der Waals surface area contributed by atoms with E-state index in [-0.39, 0.29) is 5.04 Å². The third kappa shape index (κ3) is 4.56. The molecule has 0 aliphatic heterocycles. The molecule has 0 spiro atoms. The van der Waals surface area contributed by atoms with Gasteiger partial charge in [-0.05, 0) is 54.1 Å². The maximum Gasteiger partial charge on any atom is 0.191 e. The van der Waals surface area contributed by atoms with Gasteiger partial charge in [-0.1, -0.05) is 54.4 Å². The van der Waals surface area contributed by atoms with Crippen molar-refractivity contribution in [3.05, 3.63) is 39.6 Å². The molecule has 0 atom stereocenters. The number of aryl methyl sites for hydroxylation is 1. The van der Waals surface area contributed by atoms with Gasteiger partial charge >= 0.3 is 0 Å². The second-order valence-electron chi connectivity index (χ2n) is 7.47. The Morgan fingerprint density at radius 2 is 1.91 bits per heavy atom. The summed E-state index contributed by atoms with van der Waals surface area (Å²) in [5, 5.41) is 3.08. The molecule has 0 aliphatic carbocycles. The van der Waals surface area contributed by atoms with Gasteiger partial charge in [-0.25, -0.2) is 4.98 Å². The van der Waals surface area contributed by atoms with E-state index in [9.17, 15) is 0 Å². The zero-order chi connectivity index (χ0) is 17.3. The summed E-state index contributed by atoms with van der Waals surface area (Å²) in [6.45, 7) is 12.2. The van der Waals surface area contributed by atoms with Crippen molar-refractivity contribution in [2.24, 2.45) is 0 Å². The molecular weight excluding hydrogens is 390 g/mol. The van der Waals surface area contributed by atoms with Gasteiger partial charge in [0.2, 0.25) is 0 Å². The first kappa shape index (κ1) is 18.9. The molecule has 0 saturated heterocycles. The van der Waals surface area contributed by atoms with Gasteiger partial charge in [0.1, 0.15) is 5.15 Å². The summed E-state index contributed by atoms with van der Waals surface area (Å²) in [7, 11) is -1.65. The van der Waals surface area contributed by atoms with Crippen molar-refractivity contribution in [2.45, 2.75) is 51.7 Å². The Morgan fingerprint density at radius 1 is 1.22 bits per heavy atom.